The zero-order valence-electron chi connectivity index (χ0n) is 18.2. The molecule has 34 heavy (non-hydrogen) atoms. The van der Waals surface area contributed by atoms with Crippen LogP contribution in [0.25, 0.3) is 0 Å². The van der Waals surface area contributed by atoms with Crippen molar-refractivity contribution in [2.24, 2.45) is 5.41 Å². The van der Waals surface area contributed by atoms with Gasteiger partial charge < -0.3 is 14.9 Å². The van der Waals surface area contributed by atoms with E-state index in [-0.39, 0.29) is 47.1 Å². The van der Waals surface area contributed by atoms with Gasteiger partial charge in [-0.1, -0.05) is 17.9 Å². The third-order valence-electron chi connectivity index (χ3n) is 6.25. The molecular weight excluding hydrogens is 468 g/mol. The highest BCUT2D eigenvalue weighted by Crippen LogP contribution is 2.54. The van der Waals surface area contributed by atoms with Gasteiger partial charge in [-0.25, -0.2) is 4.79 Å². The highest BCUT2D eigenvalue weighted by molar-refractivity contribution is 6.25. The van der Waals surface area contributed by atoms with Crippen molar-refractivity contribution in [3.05, 3.63) is 29.3 Å². The number of aliphatic hydroxyl groups is 1. The number of amides is 5. The lowest BCUT2D eigenvalue weighted by atomic mass is 9.89. The molecule has 1 spiro atoms. The standard InChI is InChI=1S/C23H21ClN2O8/c1-22(33,9-10-24)6-3-11-34-15-5-2-4-13-16(15)19(29)25(17(13)27)14-12-23(7-8-23)20(30)26(18(14)28)21(31)32/h2,4-5,14,33H,7-12H2,1H3,(H,31,32). The minimum atomic E-state index is -1.74. The Bertz CT molecular complexity index is 1180. The summed E-state index contributed by atoms with van der Waals surface area (Å²) in [7, 11) is 0. The first-order chi connectivity index (χ1) is 16.0. The fourth-order valence-corrected chi connectivity index (χ4v) is 4.61. The molecule has 2 N–H and O–H groups in total. The third kappa shape index (κ3) is 3.91. The number of imide groups is 4. The summed E-state index contributed by atoms with van der Waals surface area (Å²) in [5.74, 6) is 2.01. The van der Waals surface area contributed by atoms with Gasteiger partial charge in [-0.05, 0) is 38.3 Å². The van der Waals surface area contributed by atoms with Crippen LogP contribution in [0.15, 0.2) is 18.2 Å². The Hall–Kier alpha value is -3.42. The summed E-state index contributed by atoms with van der Waals surface area (Å²) in [4.78, 5) is 64.1. The van der Waals surface area contributed by atoms with Crippen LogP contribution >= 0.6 is 11.6 Å². The highest BCUT2D eigenvalue weighted by Gasteiger charge is 2.63. The number of alkyl halides is 1. The number of benzene rings is 1. The molecule has 0 radical (unpaired) electrons. The maximum Gasteiger partial charge on any atom is 0.421 e. The Labute approximate surface area is 199 Å². The number of halogens is 1. The van der Waals surface area contributed by atoms with E-state index in [2.05, 4.69) is 11.8 Å². The first-order valence-electron chi connectivity index (χ1n) is 10.6. The van der Waals surface area contributed by atoms with Gasteiger partial charge in [0.05, 0.1) is 16.5 Å². The molecule has 2 heterocycles. The molecule has 4 rings (SSSR count). The SMILES string of the molecule is CC(O)(C#CCOc1cccc2c1C(=O)N(C1CC3(CC3)C(=O)N(C(=O)O)C1=O)C2=O)CCCl. The molecule has 1 aromatic carbocycles. The van der Waals surface area contributed by atoms with Crippen molar-refractivity contribution in [2.45, 2.75) is 44.2 Å². The molecule has 2 aliphatic heterocycles. The maximum absolute atomic E-state index is 13.3. The normalized spacial score (nSPS) is 22.3. The van der Waals surface area contributed by atoms with E-state index in [9.17, 15) is 34.2 Å². The molecule has 3 aliphatic rings. The average molecular weight is 489 g/mol. The number of piperidine rings is 1. The van der Waals surface area contributed by atoms with Crippen molar-refractivity contribution < 1.29 is 38.9 Å². The fraction of sp³-hybridized carbons (Fsp3) is 0.435. The van der Waals surface area contributed by atoms with Crippen LogP contribution in [0, 0.1) is 17.3 Å². The van der Waals surface area contributed by atoms with Crippen molar-refractivity contribution >= 4 is 41.3 Å². The average Bonchev–Trinajstić information content (AvgIpc) is 3.50. The summed E-state index contributed by atoms with van der Waals surface area (Å²) < 4.78 is 5.57. The summed E-state index contributed by atoms with van der Waals surface area (Å²) in [5.41, 5.74) is -2.43. The van der Waals surface area contributed by atoms with Crippen LogP contribution in [0.4, 0.5) is 4.79 Å². The van der Waals surface area contributed by atoms with Crippen LogP contribution in [0.3, 0.4) is 0 Å². The maximum atomic E-state index is 13.3. The Morgan fingerprint density at radius 1 is 1.26 bits per heavy atom. The van der Waals surface area contributed by atoms with Crippen LogP contribution in [0.5, 0.6) is 5.75 Å². The fourth-order valence-electron chi connectivity index (χ4n) is 4.25. The number of hydrogen-bond donors (Lipinski definition) is 2. The molecule has 1 saturated carbocycles. The number of carboxylic acid groups (broad SMARTS) is 1. The molecule has 2 atom stereocenters. The van der Waals surface area contributed by atoms with Gasteiger partial charge >= 0.3 is 6.09 Å². The Kier molecular flexibility index (Phi) is 5.87. The van der Waals surface area contributed by atoms with E-state index in [4.69, 9.17) is 16.3 Å². The van der Waals surface area contributed by atoms with E-state index in [1.54, 1.807) is 0 Å². The molecule has 178 valence electrons. The lowest BCUT2D eigenvalue weighted by Crippen LogP contribution is -2.60. The number of rotatable bonds is 5. The number of nitrogens with zero attached hydrogens (tertiary/aromatic N) is 2. The van der Waals surface area contributed by atoms with Gasteiger partial charge in [0, 0.05) is 12.3 Å². The molecule has 1 saturated heterocycles. The zero-order valence-corrected chi connectivity index (χ0v) is 18.9. The number of hydrogen-bond acceptors (Lipinski definition) is 7. The largest absolute Gasteiger partial charge is 0.480 e. The predicted octanol–water partition coefficient (Wildman–Crippen LogP) is 1.63. The van der Waals surface area contributed by atoms with Crippen molar-refractivity contribution in [1.29, 1.82) is 0 Å². The molecule has 10 nitrogen and oxygen atoms in total. The van der Waals surface area contributed by atoms with Gasteiger partial charge in [0.1, 0.15) is 24.0 Å². The summed E-state index contributed by atoms with van der Waals surface area (Å²) >= 11 is 5.62. The topological polar surface area (TPSA) is 142 Å². The molecular formula is C23H21ClN2O8. The molecule has 5 amide bonds. The zero-order chi connectivity index (χ0) is 24.8. The molecule has 0 bridgehead atoms. The molecule has 2 unspecified atom stereocenters. The van der Waals surface area contributed by atoms with E-state index in [0.717, 1.165) is 4.90 Å². The van der Waals surface area contributed by atoms with Crippen LogP contribution in [-0.4, -0.2) is 73.9 Å². The second kappa shape index (κ2) is 8.42. The van der Waals surface area contributed by atoms with Gasteiger partial charge in [-0.2, -0.15) is 4.90 Å². The lowest BCUT2D eigenvalue weighted by Gasteiger charge is -2.36. The van der Waals surface area contributed by atoms with Crippen molar-refractivity contribution in [2.75, 3.05) is 12.5 Å². The molecule has 1 aliphatic carbocycles. The first kappa shape index (κ1) is 23.7. The van der Waals surface area contributed by atoms with Crippen LogP contribution < -0.4 is 4.74 Å². The van der Waals surface area contributed by atoms with Gasteiger partial charge in [0.2, 0.25) is 5.91 Å². The van der Waals surface area contributed by atoms with Crippen LogP contribution in [-0.2, 0) is 9.59 Å². The van der Waals surface area contributed by atoms with Gasteiger partial charge in [0.25, 0.3) is 17.7 Å². The minimum Gasteiger partial charge on any atom is -0.480 e. The third-order valence-corrected chi connectivity index (χ3v) is 6.44. The van der Waals surface area contributed by atoms with E-state index in [0.29, 0.717) is 12.8 Å². The summed E-state index contributed by atoms with van der Waals surface area (Å²) in [5, 5.41) is 19.5. The Morgan fingerprint density at radius 2 is 1.97 bits per heavy atom. The summed E-state index contributed by atoms with van der Waals surface area (Å²) in [6.07, 6.45) is -0.851. The van der Waals surface area contributed by atoms with Crippen LogP contribution in [0.2, 0.25) is 0 Å². The van der Waals surface area contributed by atoms with Crippen molar-refractivity contribution in [3.63, 3.8) is 0 Å². The molecule has 2 fully saturated rings. The van der Waals surface area contributed by atoms with E-state index in [1.807, 2.05) is 0 Å². The highest BCUT2D eigenvalue weighted by atomic mass is 35.5. The minimum absolute atomic E-state index is 0.000942. The summed E-state index contributed by atoms with van der Waals surface area (Å²) in [6, 6.07) is 2.95. The van der Waals surface area contributed by atoms with E-state index in [1.165, 1.54) is 25.1 Å². The predicted molar refractivity (Wildman–Crippen MR) is 116 cm³/mol. The second-order valence-electron chi connectivity index (χ2n) is 8.72. The number of likely N-dealkylation sites (tertiary alicyclic amines) is 1. The Balaban J connectivity index is 1.60. The van der Waals surface area contributed by atoms with Crippen molar-refractivity contribution in [3.8, 4) is 17.6 Å². The molecule has 1 aromatic rings. The van der Waals surface area contributed by atoms with Gasteiger partial charge in [-0.15, -0.1) is 11.6 Å². The van der Waals surface area contributed by atoms with Gasteiger partial charge in [0.15, 0.2) is 0 Å². The summed E-state index contributed by atoms with van der Waals surface area (Å²) in [6.45, 7) is 1.31. The quantitative estimate of drug-likeness (QED) is 0.362. The van der Waals surface area contributed by atoms with Crippen molar-refractivity contribution in [1.82, 2.24) is 9.80 Å². The number of carbonyl (C=O) groups excluding carboxylic acids is 4. The van der Waals surface area contributed by atoms with E-state index < -0.39 is 46.8 Å². The smallest absolute Gasteiger partial charge is 0.421 e. The van der Waals surface area contributed by atoms with Crippen LogP contribution in [0.1, 0.15) is 53.3 Å². The Morgan fingerprint density at radius 3 is 2.59 bits per heavy atom. The number of carbonyl (C=O) groups is 5. The monoisotopic (exact) mass is 488 g/mol. The molecule has 11 heteroatoms. The van der Waals surface area contributed by atoms with Gasteiger partial charge in [-0.3, -0.25) is 24.1 Å². The van der Waals surface area contributed by atoms with E-state index >= 15 is 0 Å². The number of fused-ring (bicyclic) bond motifs is 1. The molecule has 0 aromatic heterocycles. The number of ether oxygens (including phenoxy) is 1. The second-order valence-corrected chi connectivity index (χ2v) is 9.10. The first-order valence-corrected chi connectivity index (χ1v) is 11.1. The lowest BCUT2D eigenvalue weighted by molar-refractivity contribution is -0.153.